The van der Waals surface area contributed by atoms with Gasteiger partial charge in [-0.05, 0) is 0 Å². The Morgan fingerprint density at radius 2 is 1.91 bits per heavy atom. The summed E-state index contributed by atoms with van der Waals surface area (Å²) in [5.41, 5.74) is 0.560. The number of thiazole rings is 1. The number of rotatable bonds is 3. The normalized spacial score (nSPS) is 11.8. The molecule has 0 amide bonds. The zero-order valence-corrected chi connectivity index (χ0v) is 12.3. The SMILES string of the molecule is FC(F)(F)c1cn(Cc2ncc(Cl)cn2)c(-c2cncs2)n1. The highest BCUT2D eigenvalue weighted by atomic mass is 35.5. The average Bonchev–Trinajstić information content (AvgIpc) is 3.09. The van der Waals surface area contributed by atoms with Crippen molar-refractivity contribution in [2.75, 3.05) is 0 Å². The fraction of sp³-hybridized carbons (Fsp3) is 0.167. The van der Waals surface area contributed by atoms with Crippen LogP contribution in [0, 0.1) is 0 Å². The minimum absolute atomic E-state index is 0.0491. The van der Waals surface area contributed by atoms with Crippen LogP contribution in [0.1, 0.15) is 11.5 Å². The summed E-state index contributed by atoms with van der Waals surface area (Å²) in [4.78, 5) is 16.0. The van der Waals surface area contributed by atoms with Gasteiger partial charge in [0, 0.05) is 24.8 Å². The van der Waals surface area contributed by atoms with Crippen LogP contribution in [0.4, 0.5) is 13.2 Å². The molecule has 3 rings (SSSR count). The first-order valence-electron chi connectivity index (χ1n) is 5.93. The lowest BCUT2D eigenvalue weighted by atomic mass is 10.4. The molecule has 3 heterocycles. The van der Waals surface area contributed by atoms with Crippen molar-refractivity contribution < 1.29 is 13.2 Å². The summed E-state index contributed by atoms with van der Waals surface area (Å²) in [6.07, 6.45) is 0.653. The second-order valence-electron chi connectivity index (χ2n) is 4.26. The zero-order chi connectivity index (χ0) is 15.7. The molecule has 5 nitrogen and oxygen atoms in total. The Morgan fingerprint density at radius 1 is 1.18 bits per heavy atom. The van der Waals surface area contributed by atoms with Crippen LogP contribution >= 0.6 is 22.9 Å². The van der Waals surface area contributed by atoms with Crippen molar-refractivity contribution in [2.24, 2.45) is 0 Å². The summed E-state index contributed by atoms with van der Waals surface area (Å²) in [5, 5.41) is 0.355. The summed E-state index contributed by atoms with van der Waals surface area (Å²) in [7, 11) is 0. The molecule has 0 radical (unpaired) electrons. The van der Waals surface area contributed by atoms with Crippen LogP contribution < -0.4 is 0 Å². The first-order chi connectivity index (χ1) is 10.4. The number of hydrogen-bond donors (Lipinski definition) is 0. The fourth-order valence-corrected chi connectivity index (χ4v) is 2.49. The molecule has 0 atom stereocenters. The van der Waals surface area contributed by atoms with Gasteiger partial charge in [-0.25, -0.2) is 15.0 Å². The number of nitrogens with zero attached hydrogens (tertiary/aromatic N) is 5. The number of halogens is 4. The minimum atomic E-state index is -4.52. The quantitative estimate of drug-likeness (QED) is 0.729. The van der Waals surface area contributed by atoms with Crippen LogP contribution in [-0.4, -0.2) is 24.5 Å². The molecule has 0 unspecified atom stereocenters. The van der Waals surface area contributed by atoms with E-state index < -0.39 is 11.9 Å². The molecule has 0 aliphatic heterocycles. The van der Waals surface area contributed by atoms with Gasteiger partial charge >= 0.3 is 6.18 Å². The molecular weight excluding hydrogens is 339 g/mol. The van der Waals surface area contributed by atoms with Gasteiger partial charge in [-0.1, -0.05) is 11.6 Å². The maximum absolute atomic E-state index is 12.9. The lowest BCUT2D eigenvalue weighted by Gasteiger charge is -2.04. The second kappa shape index (κ2) is 5.65. The molecule has 0 saturated carbocycles. The van der Waals surface area contributed by atoms with Crippen molar-refractivity contribution >= 4 is 22.9 Å². The van der Waals surface area contributed by atoms with Crippen molar-refractivity contribution in [2.45, 2.75) is 12.7 Å². The lowest BCUT2D eigenvalue weighted by Crippen LogP contribution is -2.06. The summed E-state index contributed by atoms with van der Waals surface area (Å²) >= 11 is 6.90. The topological polar surface area (TPSA) is 56.5 Å². The summed E-state index contributed by atoms with van der Waals surface area (Å²) < 4.78 is 40.0. The highest BCUT2D eigenvalue weighted by molar-refractivity contribution is 7.13. The van der Waals surface area contributed by atoms with Crippen LogP contribution in [0.15, 0.2) is 30.3 Å². The Hall–Kier alpha value is -2.00. The minimum Gasteiger partial charge on any atom is -0.322 e. The van der Waals surface area contributed by atoms with E-state index in [4.69, 9.17) is 11.6 Å². The van der Waals surface area contributed by atoms with Crippen molar-refractivity contribution in [3.8, 4) is 10.7 Å². The van der Waals surface area contributed by atoms with E-state index in [0.717, 1.165) is 6.20 Å². The number of alkyl halides is 3. The summed E-state index contributed by atoms with van der Waals surface area (Å²) in [5.74, 6) is 0.509. The van der Waals surface area contributed by atoms with Gasteiger partial charge in [0.25, 0.3) is 0 Å². The van der Waals surface area contributed by atoms with Gasteiger partial charge in [0.15, 0.2) is 11.5 Å². The van der Waals surface area contributed by atoms with Crippen LogP contribution in [0.2, 0.25) is 5.02 Å². The maximum Gasteiger partial charge on any atom is 0.434 e. The van der Waals surface area contributed by atoms with Crippen molar-refractivity contribution in [3.05, 3.63) is 46.8 Å². The molecule has 3 aromatic rings. The number of imidazole rings is 1. The Balaban J connectivity index is 2.01. The van der Waals surface area contributed by atoms with Gasteiger partial charge in [0.1, 0.15) is 5.82 Å². The van der Waals surface area contributed by atoms with Crippen molar-refractivity contribution in [1.29, 1.82) is 0 Å². The maximum atomic E-state index is 12.9. The van der Waals surface area contributed by atoms with Gasteiger partial charge in [0.2, 0.25) is 0 Å². The van der Waals surface area contributed by atoms with E-state index in [9.17, 15) is 13.2 Å². The van der Waals surface area contributed by atoms with E-state index >= 15 is 0 Å². The highest BCUT2D eigenvalue weighted by Crippen LogP contribution is 2.32. The Morgan fingerprint density at radius 3 is 2.50 bits per heavy atom. The third-order valence-corrected chi connectivity index (χ3v) is 3.67. The molecule has 0 saturated heterocycles. The Labute approximate surface area is 131 Å². The van der Waals surface area contributed by atoms with Gasteiger partial charge < -0.3 is 4.57 Å². The third kappa shape index (κ3) is 3.09. The van der Waals surface area contributed by atoms with E-state index in [0.29, 0.717) is 15.7 Å². The molecule has 0 fully saturated rings. The Kier molecular flexibility index (Phi) is 3.83. The molecule has 10 heteroatoms. The van der Waals surface area contributed by atoms with E-state index in [1.54, 1.807) is 0 Å². The average molecular weight is 346 g/mol. The standard InChI is InChI=1S/C12H7ClF3N5S/c13-7-1-18-10(19-2-7)5-21-4-9(12(14,15)16)20-11(21)8-3-17-6-22-8/h1-4,6H,5H2. The van der Waals surface area contributed by atoms with Crippen LogP contribution in [0.5, 0.6) is 0 Å². The van der Waals surface area contributed by atoms with Gasteiger partial charge in [-0.15, -0.1) is 11.3 Å². The Bertz CT molecular complexity index is 767. The summed E-state index contributed by atoms with van der Waals surface area (Å²) in [6.45, 7) is 0.0491. The van der Waals surface area contributed by atoms with Crippen LogP contribution in [-0.2, 0) is 12.7 Å². The molecule has 0 bridgehead atoms. The molecule has 0 spiro atoms. The van der Waals surface area contributed by atoms with E-state index in [1.165, 1.54) is 40.0 Å². The molecule has 0 N–H and O–H groups in total. The predicted molar refractivity (Wildman–Crippen MR) is 74.5 cm³/mol. The number of aromatic nitrogens is 5. The molecule has 22 heavy (non-hydrogen) atoms. The van der Waals surface area contributed by atoms with E-state index in [-0.39, 0.29) is 12.4 Å². The van der Waals surface area contributed by atoms with Crippen LogP contribution in [0.25, 0.3) is 10.7 Å². The first kappa shape index (κ1) is 14.9. The van der Waals surface area contributed by atoms with Gasteiger partial charge in [0.05, 0.1) is 22.0 Å². The molecule has 3 aromatic heterocycles. The number of hydrogen-bond acceptors (Lipinski definition) is 5. The molecular formula is C12H7ClF3N5S. The molecule has 0 aliphatic carbocycles. The molecule has 114 valence electrons. The smallest absolute Gasteiger partial charge is 0.322 e. The lowest BCUT2D eigenvalue weighted by molar-refractivity contribution is -0.140. The zero-order valence-electron chi connectivity index (χ0n) is 10.8. The molecule has 0 aliphatic rings. The monoisotopic (exact) mass is 345 g/mol. The fourth-order valence-electron chi connectivity index (χ4n) is 1.77. The summed E-state index contributed by atoms with van der Waals surface area (Å²) in [6, 6.07) is 0. The van der Waals surface area contributed by atoms with Gasteiger partial charge in [-0.2, -0.15) is 13.2 Å². The third-order valence-electron chi connectivity index (χ3n) is 2.71. The van der Waals surface area contributed by atoms with E-state index in [1.807, 2.05) is 0 Å². The highest BCUT2D eigenvalue weighted by Gasteiger charge is 2.35. The van der Waals surface area contributed by atoms with Crippen LogP contribution in [0.3, 0.4) is 0 Å². The van der Waals surface area contributed by atoms with Gasteiger partial charge in [-0.3, -0.25) is 4.98 Å². The van der Waals surface area contributed by atoms with Crippen molar-refractivity contribution in [1.82, 2.24) is 24.5 Å². The van der Waals surface area contributed by atoms with E-state index in [2.05, 4.69) is 19.9 Å². The predicted octanol–water partition coefficient (Wildman–Crippen LogP) is 3.52. The molecule has 0 aromatic carbocycles. The van der Waals surface area contributed by atoms with Crippen molar-refractivity contribution in [3.63, 3.8) is 0 Å². The second-order valence-corrected chi connectivity index (χ2v) is 5.58. The first-order valence-corrected chi connectivity index (χ1v) is 7.19. The largest absolute Gasteiger partial charge is 0.434 e.